The van der Waals surface area contributed by atoms with Crippen molar-refractivity contribution in [3.8, 4) is 5.75 Å². The first-order chi connectivity index (χ1) is 10.1. The molecule has 2 amide bonds. The SMILES string of the molecule is NC(=O)c1cn(C(N)=O)c2cccc(OC3CCCC3)c12. The van der Waals surface area contributed by atoms with Crippen LogP contribution < -0.4 is 16.2 Å². The Morgan fingerprint density at radius 1 is 1.19 bits per heavy atom. The molecule has 1 aliphatic carbocycles. The monoisotopic (exact) mass is 287 g/mol. The average Bonchev–Trinajstić information content (AvgIpc) is 3.05. The minimum Gasteiger partial charge on any atom is -0.490 e. The molecule has 0 atom stereocenters. The van der Waals surface area contributed by atoms with Crippen LogP contribution in [0.5, 0.6) is 5.75 Å². The van der Waals surface area contributed by atoms with E-state index in [1.54, 1.807) is 18.2 Å². The molecular formula is C15H17N3O3. The third-order valence-electron chi connectivity index (χ3n) is 3.89. The molecule has 6 heteroatoms. The molecule has 1 aromatic heterocycles. The Labute approximate surface area is 121 Å². The maximum Gasteiger partial charge on any atom is 0.323 e. The second-order valence-corrected chi connectivity index (χ2v) is 5.29. The van der Waals surface area contributed by atoms with E-state index in [1.165, 1.54) is 10.8 Å². The van der Waals surface area contributed by atoms with Crippen molar-refractivity contribution < 1.29 is 14.3 Å². The number of amides is 2. The highest BCUT2D eigenvalue weighted by molar-refractivity contribution is 6.10. The molecule has 4 N–H and O–H groups in total. The van der Waals surface area contributed by atoms with E-state index in [0.29, 0.717) is 16.7 Å². The first-order valence-corrected chi connectivity index (χ1v) is 6.98. The molecule has 21 heavy (non-hydrogen) atoms. The molecule has 0 unspecified atom stereocenters. The van der Waals surface area contributed by atoms with Gasteiger partial charge in [-0.2, -0.15) is 0 Å². The summed E-state index contributed by atoms with van der Waals surface area (Å²) in [5, 5.41) is 0.552. The van der Waals surface area contributed by atoms with Gasteiger partial charge < -0.3 is 16.2 Å². The Hall–Kier alpha value is -2.50. The zero-order chi connectivity index (χ0) is 15.0. The van der Waals surface area contributed by atoms with Crippen LogP contribution in [0.4, 0.5) is 4.79 Å². The quantitative estimate of drug-likeness (QED) is 0.902. The maximum absolute atomic E-state index is 11.6. The number of rotatable bonds is 3. The van der Waals surface area contributed by atoms with E-state index in [2.05, 4.69) is 0 Å². The van der Waals surface area contributed by atoms with Crippen LogP contribution in [0.15, 0.2) is 24.4 Å². The van der Waals surface area contributed by atoms with Crippen LogP contribution in [0.2, 0.25) is 0 Å². The molecule has 0 spiro atoms. The van der Waals surface area contributed by atoms with E-state index in [1.807, 2.05) is 0 Å². The summed E-state index contributed by atoms with van der Waals surface area (Å²) < 4.78 is 7.22. The van der Waals surface area contributed by atoms with Crippen LogP contribution in [0.1, 0.15) is 36.0 Å². The van der Waals surface area contributed by atoms with Gasteiger partial charge in [-0.3, -0.25) is 9.36 Å². The number of nitrogens with zero attached hydrogens (tertiary/aromatic N) is 1. The van der Waals surface area contributed by atoms with Crippen molar-refractivity contribution in [2.75, 3.05) is 0 Å². The van der Waals surface area contributed by atoms with Crippen LogP contribution in [0.3, 0.4) is 0 Å². The summed E-state index contributed by atoms with van der Waals surface area (Å²) in [5.41, 5.74) is 11.5. The van der Waals surface area contributed by atoms with Crippen molar-refractivity contribution in [2.24, 2.45) is 11.5 Å². The Bertz CT molecular complexity index is 714. The Morgan fingerprint density at radius 2 is 1.90 bits per heavy atom. The average molecular weight is 287 g/mol. The molecule has 0 radical (unpaired) electrons. The van der Waals surface area contributed by atoms with Gasteiger partial charge in [-0.1, -0.05) is 6.07 Å². The zero-order valence-corrected chi connectivity index (χ0v) is 11.5. The van der Waals surface area contributed by atoms with Gasteiger partial charge in [-0.05, 0) is 37.8 Å². The van der Waals surface area contributed by atoms with Crippen molar-refractivity contribution in [1.29, 1.82) is 0 Å². The van der Waals surface area contributed by atoms with Crippen molar-refractivity contribution in [3.63, 3.8) is 0 Å². The Kier molecular flexibility index (Phi) is 3.29. The second-order valence-electron chi connectivity index (χ2n) is 5.29. The number of fused-ring (bicyclic) bond motifs is 1. The third kappa shape index (κ3) is 2.33. The van der Waals surface area contributed by atoms with Gasteiger partial charge in [0.1, 0.15) is 5.75 Å². The number of nitrogens with two attached hydrogens (primary N) is 2. The number of carbonyl (C=O) groups is 2. The van der Waals surface area contributed by atoms with Gasteiger partial charge in [0.2, 0.25) is 0 Å². The molecule has 6 nitrogen and oxygen atoms in total. The molecular weight excluding hydrogens is 270 g/mol. The highest BCUT2D eigenvalue weighted by Crippen LogP contribution is 2.33. The standard InChI is InChI=1S/C15H17N3O3/c16-14(19)10-8-18(15(17)20)11-6-3-7-12(13(10)11)21-9-4-1-2-5-9/h3,6-9H,1-2,4-5H2,(H2,16,19)(H2,17,20). The molecule has 1 fully saturated rings. The Morgan fingerprint density at radius 3 is 2.52 bits per heavy atom. The highest BCUT2D eigenvalue weighted by Gasteiger charge is 2.22. The first kappa shape index (κ1) is 13.5. The van der Waals surface area contributed by atoms with Gasteiger partial charge >= 0.3 is 6.03 Å². The molecule has 1 saturated carbocycles. The van der Waals surface area contributed by atoms with E-state index in [4.69, 9.17) is 16.2 Å². The number of ether oxygens (including phenoxy) is 1. The zero-order valence-electron chi connectivity index (χ0n) is 11.5. The van der Waals surface area contributed by atoms with E-state index in [-0.39, 0.29) is 11.7 Å². The lowest BCUT2D eigenvalue weighted by atomic mass is 10.1. The fourth-order valence-electron chi connectivity index (χ4n) is 2.91. The van der Waals surface area contributed by atoms with E-state index >= 15 is 0 Å². The van der Waals surface area contributed by atoms with Gasteiger partial charge in [0.25, 0.3) is 5.91 Å². The number of carbonyl (C=O) groups excluding carboxylic acids is 2. The molecule has 3 rings (SSSR count). The largest absolute Gasteiger partial charge is 0.490 e. The molecule has 1 aromatic carbocycles. The first-order valence-electron chi connectivity index (χ1n) is 6.98. The van der Waals surface area contributed by atoms with Gasteiger partial charge in [-0.15, -0.1) is 0 Å². The van der Waals surface area contributed by atoms with Gasteiger partial charge in [0, 0.05) is 6.20 Å². The summed E-state index contributed by atoms with van der Waals surface area (Å²) in [4.78, 5) is 23.1. The van der Waals surface area contributed by atoms with Crippen molar-refractivity contribution >= 4 is 22.8 Å². The fourth-order valence-corrected chi connectivity index (χ4v) is 2.91. The number of hydrogen-bond acceptors (Lipinski definition) is 3. The predicted molar refractivity (Wildman–Crippen MR) is 78.3 cm³/mol. The lowest BCUT2D eigenvalue weighted by Gasteiger charge is -2.14. The molecule has 110 valence electrons. The second kappa shape index (κ2) is 5.12. The van der Waals surface area contributed by atoms with E-state index in [9.17, 15) is 9.59 Å². The number of aromatic nitrogens is 1. The molecule has 0 saturated heterocycles. The summed E-state index contributed by atoms with van der Waals surface area (Å²) >= 11 is 0. The number of benzene rings is 1. The lowest BCUT2D eigenvalue weighted by molar-refractivity contribution is 0.100. The van der Waals surface area contributed by atoms with E-state index in [0.717, 1.165) is 25.7 Å². The lowest BCUT2D eigenvalue weighted by Crippen LogP contribution is -2.18. The summed E-state index contributed by atoms with van der Waals surface area (Å²) in [6.45, 7) is 0. The summed E-state index contributed by atoms with van der Waals surface area (Å²) in [6, 6.07) is 4.62. The molecule has 0 bridgehead atoms. The third-order valence-corrected chi connectivity index (χ3v) is 3.89. The Balaban J connectivity index is 2.15. The van der Waals surface area contributed by atoms with Crippen LogP contribution in [-0.2, 0) is 0 Å². The molecule has 0 aliphatic heterocycles. The predicted octanol–water partition coefficient (Wildman–Crippen LogP) is 1.99. The molecule has 2 aromatic rings. The topological polar surface area (TPSA) is 100 Å². The van der Waals surface area contributed by atoms with Crippen LogP contribution in [0.25, 0.3) is 10.9 Å². The minimum atomic E-state index is -0.662. The van der Waals surface area contributed by atoms with Gasteiger partial charge in [0.15, 0.2) is 0 Å². The van der Waals surface area contributed by atoms with Crippen molar-refractivity contribution in [1.82, 2.24) is 4.57 Å². The van der Waals surface area contributed by atoms with Gasteiger partial charge in [0.05, 0.1) is 22.6 Å². The van der Waals surface area contributed by atoms with E-state index < -0.39 is 11.9 Å². The van der Waals surface area contributed by atoms with Gasteiger partial charge in [-0.25, -0.2) is 4.79 Å². The van der Waals surface area contributed by atoms with Crippen LogP contribution in [-0.4, -0.2) is 22.6 Å². The number of primary amides is 2. The normalized spacial score (nSPS) is 15.4. The van der Waals surface area contributed by atoms with Crippen LogP contribution in [0, 0.1) is 0 Å². The summed E-state index contributed by atoms with van der Waals surface area (Å²) in [7, 11) is 0. The number of hydrogen-bond donors (Lipinski definition) is 2. The fraction of sp³-hybridized carbons (Fsp3) is 0.333. The minimum absolute atomic E-state index is 0.147. The maximum atomic E-state index is 11.6. The summed E-state index contributed by atoms with van der Waals surface area (Å²) in [6.07, 6.45) is 5.80. The summed E-state index contributed by atoms with van der Waals surface area (Å²) in [5.74, 6) is -0.0318. The van der Waals surface area contributed by atoms with Crippen molar-refractivity contribution in [3.05, 3.63) is 30.0 Å². The van der Waals surface area contributed by atoms with Crippen LogP contribution >= 0.6 is 0 Å². The highest BCUT2D eigenvalue weighted by atomic mass is 16.5. The molecule has 1 heterocycles. The van der Waals surface area contributed by atoms with Crippen molar-refractivity contribution in [2.45, 2.75) is 31.8 Å². The smallest absolute Gasteiger partial charge is 0.323 e. The molecule has 1 aliphatic rings.